The second-order valence-corrected chi connectivity index (χ2v) is 43.4. The van der Waals surface area contributed by atoms with Gasteiger partial charge in [0.15, 0.2) is 0 Å². The Balaban J connectivity index is 0.000000160. The van der Waals surface area contributed by atoms with Gasteiger partial charge in [-0.25, -0.2) is 4.98 Å². The van der Waals surface area contributed by atoms with Gasteiger partial charge in [-0.2, -0.15) is 0 Å². The zero-order valence-electron chi connectivity index (χ0n) is 79.0. The average molecular weight is 1700 g/mol. The Morgan fingerprint density at radius 1 is 0.231 bits per heavy atom. The highest BCUT2D eigenvalue weighted by Gasteiger charge is 2.48. The van der Waals surface area contributed by atoms with Crippen LogP contribution < -0.4 is 52.4 Å². The first-order valence-corrected chi connectivity index (χ1v) is 49.6. The van der Waals surface area contributed by atoms with E-state index in [1.807, 2.05) is 12.3 Å². The molecule has 14 aromatic rings. The number of benzene rings is 12. The molecule has 6 nitrogen and oxygen atoms in total. The summed E-state index contributed by atoms with van der Waals surface area (Å²) in [7, 11) is 0. The lowest BCUT2D eigenvalue weighted by Crippen LogP contribution is -2.61. The Labute approximate surface area is 776 Å². The van der Waals surface area contributed by atoms with Crippen LogP contribution >= 0.6 is 0 Å². The molecule has 22 rings (SSSR count). The van der Waals surface area contributed by atoms with Crippen molar-refractivity contribution < 1.29 is 0 Å². The summed E-state index contributed by atoms with van der Waals surface area (Å²) >= 11 is 0. The molecule has 2 aromatic heterocycles. The quantitative estimate of drug-likeness (QED) is 0.114. The standard InChI is InChI=1S/C67H68BN3.C55H60BN3/c1-66(2,3)53-29-33-55(34-30-53)70-61-37-27-49(45-19-11-7-12-20-45)39-57(61)68-58-40-50(46-21-13-8-14-22-46)28-38-62(58)71(56-35-31-54(32-36-56)67(4,5)6)64-44-52(43-63(70)65(64)68)60-42-51(47-23-15-9-16-24-47)41-59(69-60)48-25-17-10-18-26-48;1-54(2,3)42-22-26-44(27-23-42)58-49-30-20-39(37-15-9-7-10-16-37)33-46(49)56-47-34-40(38-17-11-8-12-18-38)21-31-50(47)59(45-28-24-43(25-29-45)55(4,5)6)52-36-41(35-51(58)53(52)56)48-19-13-14-32-57-48/h9-10,15-18,23-46H,7-8,11-14,19-22H2,1-6H3;13-14,19-38H,7-12,15-18H2,1-6H3. The summed E-state index contributed by atoms with van der Waals surface area (Å²) in [5.41, 5.74) is 43.6. The van der Waals surface area contributed by atoms with E-state index in [1.165, 1.54) is 280 Å². The first-order chi connectivity index (χ1) is 63.0. The van der Waals surface area contributed by atoms with Crippen molar-refractivity contribution in [2.45, 2.75) is 257 Å². The third kappa shape index (κ3) is 16.3. The number of hydrogen-bond donors (Lipinski definition) is 0. The molecule has 4 saturated carbocycles. The van der Waals surface area contributed by atoms with E-state index >= 15 is 0 Å². The SMILES string of the molecule is CC(C)(C)c1ccc(N2c3ccc(C4CCCCC4)cc3B3c4cc(C5CCCCC5)ccc4N(c4ccc(C(C)(C)C)cc4)c4cc(-c5cc(-c6ccccc6)cc(-c6ccccc6)n5)cc2c43)cc1.CC(C)(C)c1ccc(N2c3ccc(C4CCCCC4)cc3B3c4cc(C5CCCCC5)ccc4N(c4ccc(C(C)(C)C)cc4)c4cc(-c5ccccn5)cc2c43)cc1. The Morgan fingerprint density at radius 2 is 0.500 bits per heavy atom. The minimum atomic E-state index is 0.0338. The van der Waals surface area contributed by atoms with Crippen LogP contribution in [0.3, 0.4) is 0 Å². The van der Waals surface area contributed by atoms with E-state index in [2.05, 4.69) is 382 Å². The highest BCUT2D eigenvalue weighted by atomic mass is 15.2. The second kappa shape index (κ2) is 34.5. The van der Waals surface area contributed by atoms with Crippen molar-refractivity contribution in [1.82, 2.24) is 9.97 Å². The van der Waals surface area contributed by atoms with Crippen molar-refractivity contribution in [2.75, 3.05) is 19.6 Å². The molecule has 0 radical (unpaired) electrons. The summed E-state index contributed by atoms with van der Waals surface area (Å²) in [6, 6.07) is 111. The Kier molecular flexibility index (Phi) is 22.6. The van der Waals surface area contributed by atoms with E-state index in [1.54, 1.807) is 0 Å². The molecule has 4 aliphatic heterocycles. The second-order valence-electron chi connectivity index (χ2n) is 43.4. The predicted molar refractivity (Wildman–Crippen MR) is 556 cm³/mol. The molecular weight excluding hydrogens is 1570 g/mol. The monoisotopic (exact) mass is 1700 g/mol. The number of rotatable bonds is 12. The van der Waals surface area contributed by atoms with Crippen molar-refractivity contribution in [3.05, 3.63) is 336 Å². The summed E-state index contributed by atoms with van der Waals surface area (Å²) < 4.78 is 0. The van der Waals surface area contributed by atoms with Gasteiger partial charge >= 0.3 is 0 Å². The van der Waals surface area contributed by atoms with Crippen molar-refractivity contribution in [1.29, 1.82) is 0 Å². The Bertz CT molecular complexity index is 6120. The van der Waals surface area contributed by atoms with Crippen LogP contribution in [0.2, 0.25) is 0 Å². The topological polar surface area (TPSA) is 38.7 Å². The fourth-order valence-electron chi connectivity index (χ4n) is 23.5. The minimum absolute atomic E-state index is 0.0338. The van der Waals surface area contributed by atoms with E-state index < -0.39 is 0 Å². The third-order valence-corrected chi connectivity index (χ3v) is 30.8. The Hall–Kier alpha value is -11.7. The van der Waals surface area contributed by atoms with Crippen molar-refractivity contribution in [3.8, 4) is 44.9 Å². The highest BCUT2D eigenvalue weighted by Crippen LogP contribution is 2.53. The molecule has 12 aromatic carbocycles. The molecular formula is C122H128B2N6. The maximum atomic E-state index is 5.61. The number of aromatic nitrogens is 2. The van der Waals surface area contributed by atoms with E-state index in [0.29, 0.717) is 23.7 Å². The molecule has 0 N–H and O–H groups in total. The van der Waals surface area contributed by atoms with E-state index in [4.69, 9.17) is 9.97 Å². The summed E-state index contributed by atoms with van der Waals surface area (Å²) in [6.45, 7) is 27.9. The maximum Gasteiger partial charge on any atom is 0.252 e. The zero-order valence-corrected chi connectivity index (χ0v) is 79.0. The van der Waals surface area contributed by atoms with Crippen LogP contribution in [-0.4, -0.2) is 23.4 Å². The van der Waals surface area contributed by atoms with Crippen molar-refractivity contribution in [3.63, 3.8) is 0 Å². The lowest BCUT2D eigenvalue weighted by Gasteiger charge is -2.45. The Morgan fingerprint density at radius 3 is 0.777 bits per heavy atom. The van der Waals surface area contributed by atoms with Crippen LogP contribution in [-0.2, 0) is 21.7 Å². The van der Waals surface area contributed by atoms with Gasteiger partial charge in [-0.15, -0.1) is 0 Å². The molecule has 130 heavy (non-hydrogen) atoms. The summed E-state index contributed by atoms with van der Waals surface area (Å²) in [5, 5.41) is 0. The van der Waals surface area contributed by atoms with Gasteiger partial charge in [0.1, 0.15) is 0 Å². The van der Waals surface area contributed by atoms with Crippen molar-refractivity contribution >= 4 is 114 Å². The number of pyridine rings is 2. The van der Waals surface area contributed by atoms with Gasteiger partial charge in [0.2, 0.25) is 0 Å². The summed E-state index contributed by atoms with van der Waals surface area (Å²) in [4.78, 5) is 21.0. The van der Waals surface area contributed by atoms with Gasteiger partial charge in [-0.3, -0.25) is 4.98 Å². The van der Waals surface area contributed by atoms with Gasteiger partial charge < -0.3 is 19.6 Å². The average Bonchev–Trinajstić information content (AvgIpc) is 0.696. The molecule has 4 aliphatic carbocycles. The first-order valence-electron chi connectivity index (χ1n) is 49.6. The smallest absolute Gasteiger partial charge is 0.252 e. The minimum Gasteiger partial charge on any atom is -0.311 e. The molecule has 0 saturated heterocycles. The molecule has 0 bridgehead atoms. The van der Waals surface area contributed by atoms with Crippen LogP contribution in [0.4, 0.5) is 68.2 Å². The van der Waals surface area contributed by atoms with Gasteiger partial charge in [-0.1, -0.05) is 324 Å². The molecule has 0 unspecified atom stereocenters. The summed E-state index contributed by atoms with van der Waals surface area (Å²) in [5.74, 6) is 2.42. The van der Waals surface area contributed by atoms with Crippen molar-refractivity contribution in [2.24, 2.45) is 0 Å². The lowest BCUT2D eigenvalue weighted by atomic mass is 9.33. The largest absolute Gasteiger partial charge is 0.311 e. The molecule has 8 aliphatic rings. The molecule has 0 amide bonds. The van der Waals surface area contributed by atoms with Gasteiger partial charge in [0.05, 0.1) is 17.1 Å². The number of fused-ring (bicyclic) bond motifs is 8. The summed E-state index contributed by atoms with van der Waals surface area (Å²) in [6.07, 6.45) is 28.2. The number of anilines is 12. The van der Waals surface area contributed by atoms with Crippen LogP contribution in [0.5, 0.6) is 0 Å². The van der Waals surface area contributed by atoms with E-state index in [0.717, 1.165) is 39.3 Å². The third-order valence-electron chi connectivity index (χ3n) is 30.8. The predicted octanol–water partition coefficient (Wildman–Crippen LogP) is 30.4. The number of nitrogens with zero attached hydrogens (tertiary/aromatic N) is 6. The molecule has 8 heteroatoms. The molecule has 0 atom stereocenters. The normalized spacial score (nSPS) is 16.6. The van der Waals surface area contributed by atoms with Gasteiger partial charge in [0.25, 0.3) is 13.4 Å². The molecule has 4 fully saturated rings. The van der Waals surface area contributed by atoms with E-state index in [-0.39, 0.29) is 35.1 Å². The fourth-order valence-corrected chi connectivity index (χ4v) is 23.5. The molecule has 652 valence electrons. The van der Waals surface area contributed by atoms with Crippen LogP contribution in [0.1, 0.15) is 280 Å². The fraction of sp³-hybridized carbons (Fsp3) is 0.328. The van der Waals surface area contributed by atoms with Crippen LogP contribution in [0.25, 0.3) is 44.9 Å². The molecule has 0 spiro atoms. The molecule has 6 heterocycles. The van der Waals surface area contributed by atoms with Crippen LogP contribution in [0.15, 0.2) is 291 Å². The number of hydrogen-bond acceptors (Lipinski definition) is 6. The zero-order chi connectivity index (χ0) is 88.9. The lowest BCUT2D eigenvalue weighted by molar-refractivity contribution is 0.444. The highest BCUT2D eigenvalue weighted by molar-refractivity contribution is 7.01. The van der Waals surface area contributed by atoms with Crippen LogP contribution in [0, 0.1) is 0 Å². The van der Waals surface area contributed by atoms with Gasteiger partial charge in [0, 0.05) is 91.1 Å². The first kappa shape index (κ1) is 85.1. The van der Waals surface area contributed by atoms with E-state index in [9.17, 15) is 0 Å². The van der Waals surface area contributed by atoms with Gasteiger partial charge in [-0.05, 0) is 306 Å². The maximum absolute atomic E-state index is 5.61.